The molecule has 2 aromatic rings. The van der Waals surface area contributed by atoms with Crippen molar-refractivity contribution in [2.75, 3.05) is 26.7 Å². The van der Waals surface area contributed by atoms with Gasteiger partial charge in [-0.25, -0.2) is 0 Å². The van der Waals surface area contributed by atoms with Crippen LogP contribution in [-0.2, 0) is 25.9 Å². The standard InChI is InChI=1S/C31H33F3N2O4/c1-4-17-36-18-16-29(25-6-5-7-27(19-25)40-22(2)37)20-26(14-15-30(29,21-36)39-3)35-28(38)13-10-23-8-11-24(12-9-23)31(32,33)34/h4-9,11-12,19,26H,1,14-18,20-21H2,2-3H3,(H,35,38)/t26-,29+,30+/m1/s1. The van der Waals surface area contributed by atoms with E-state index >= 15 is 0 Å². The second-order valence-electron chi connectivity index (χ2n) is 10.4. The first kappa shape index (κ1) is 29.4. The Balaban J connectivity index is 1.59. The predicted molar refractivity (Wildman–Crippen MR) is 145 cm³/mol. The molecule has 1 aliphatic carbocycles. The maximum atomic E-state index is 12.8. The Morgan fingerprint density at radius 1 is 1.20 bits per heavy atom. The number of rotatable bonds is 6. The largest absolute Gasteiger partial charge is 0.427 e. The number of carbonyl (C=O) groups is 2. The van der Waals surface area contributed by atoms with E-state index in [0.717, 1.165) is 37.2 Å². The number of halogens is 3. The number of fused-ring (bicyclic) bond motifs is 1. The molecule has 0 radical (unpaired) electrons. The summed E-state index contributed by atoms with van der Waals surface area (Å²) < 4.78 is 50.2. The molecule has 0 unspecified atom stereocenters. The zero-order valence-electron chi connectivity index (χ0n) is 22.6. The lowest BCUT2D eigenvalue weighted by molar-refractivity contribution is -0.148. The maximum absolute atomic E-state index is 12.8. The lowest BCUT2D eigenvalue weighted by Crippen LogP contribution is -2.67. The van der Waals surface area contributed by atoms with Gasteiger partial charge in [-0.05, 0) is 74.2 Å². The number of benzene rings is 2. The van der Waals surface area contributed by atoms with E-state index in [9.17, 15) is 22.8 Å². The third-order valence-corrected chi connectivity index (χ3v) is 7.99. The summed E-state index contributed by atoms with van der Waals surface area (Å²) in [5.74, 6) is 4.72. The minimum Gasteiger partial charge on any atom is -0.427 e. The number of nitrogens with one attached hydrogen (secondary N) is 1. The maximum Gasteiger partial charge on any atom is 0.416 e. The normalized spacial score (nSPS) is 24.7. The third kappa shape index (κ3) is 6.24. The quantitative estimate of drug-likeness (QED) is 0.239. The first-order valence-corrected chi connectivity index (χ1v) is 13.2. The zero-order valence-corrected chi connectivity index (χ0v) is 22.6. The van der Waals surface area contributed by atoms with Gasteiger partial charge in [0.05, 0.1) is 11.2 Å². The number of hydrogen-bond donors (Lipinski definition) is 1. The molecule has 9 heteroatoms. The van der Waals surface area contributed by atoms with Gasteiger partial charge in [-0.2, -0.15) is 13.2 Å². The van der Waals surface area contributed by atoms with Gasteiger partial charge in [0.25, 0.3) is 5.91 Å². The number of nitrogens with zero attached hydrogens (tertiary/aromatic N) is 1. The molecule has 2 fully saturated rings. The summed E-state index contributed by atoms with van der Waals surface area (Å²) in [4.78, 5) is 26.7. The average molecular weight is 555 g/mol. The highest BCUT2D eigenvalue weighted by Crippen LogP contribution is 2.53. The van der Waals surface area contributed by atoms with Crippen molar-refractivity contribution < 1.29 is 32.2 Å². The number of carbonyl (C=O) groups excluding carboxylic acids is 2. The van der Waals surface area contributed by atoms with E-state index in [4.69, 9.17) is 9.47 Å². The van der Waals surface area contributed by atoms with Gasteiger partial charge in [-0.15, -0.1) is 6.58 Å². The number of hydrogen-bond acceptors (Lipinski definition) is 5. The molecule has 1 N–H and O–H groups in total. The van der Waals surface area contributed by atoms with Crippen molar-refractivity contribution in [3.05, 3.63) is 77.9 Å². The Morgan fingerprint density at radius 3 is 2.60 bits per heavy atom. The van der Waals surface area contributed by atoms with Gasteiger partial charge >= 0.3 is 12.1 Å². The first-order chi connectivity index (χ1) is 19.0. The van der Waals surface area contributed by atoms with E-state index in [1.807, 2.05) is 24.3 Å². The second kappa shape index (κ2) is 11.9. The topological polar surface area (TPSA) is 67.9 Å². The summed E-state index contributed by atoms with van der Waals surface area (Å²) in [5, 5.41) is 3.01. The average Bonchev–Trinajstić information content (AvgIpc) is 2.91. The molecule has 4 rings (SSSR count). The van der Waals surface area contributed by atoms with Crippen LogP contribution in [0, 0.1) is 11.8 Å². The second-order valence-corrected chi connectivity index (χ2v) is 10.4. The number of esters is 1. The Bertz CT molecular complexity index is 1310. The van der Waals surface area contributed by atoms with Crippen LogP contribution in [-0.4, -0.2) is 55.2 Å². The molecule has 0 spiro atoms. The van der Waals surface area contributed by atoms with Crippen molar-refractivity contribution in [1.29, 1.82) is 0 Å². The molecular formula is C31H33F3N2O4. The van der Waals surface area contributed by atoms with Gasteiger partial charge in [-0.1, -0.05) is 24.1 Å². The van der Waals surface area contributed by atoms with Crippen molar-refractivity contribution in [2.45, 2.75) is 55.8 Å². The van der Waals surface area contributed by atoms with Crippen LogP contribution in [0.3, 0.4) is 0 Å². The number of methoxy groups -OCH3 is 1. The van der Waals surface area contributed by atoms with Gasteiger partial charge in [-0.3, -0.25) is 14.5 Å². The monoisotopic (exact) mass is 554 g/mol. The smallest absolute Gasteiger partial charge is 0.416 e. The summed E-state index contributed by atoms with van der Waals surface area (Å²) in [5.41, 5.74) is -0.503. The number of alkyl halides is 3. The molecule has 212 valence electrons. The van der Waals surface area contributed by atoms with Gasteiger partial charge in [0.15, 0.2) is 0 Å². The summed E-state index contributed by atoms with van der Waals surface area (Å²) in [6.07, 6.45) is 0.110. The number of amides is 1. The van der Waals surface area contributed by atoms with Crippen LogP contribution >= 0.6 is 0 Å². The number of piperidine rings is 1. The SMILES string of the molecule is C=CCN1CC[C@@]2(c3cccc(OC(C)=O)c3)C[C@H](NC(=O)C#Cc3ccc(C(F)(F)F)cc3)CC[C@]2(OC)C1. The number of likely N-dealkylation sites (tertiary alicyclic amines) is 1. The van der Waals surface area contributed by atoms with Gasteiger partial charge < -0.3 is 14.8 Å². The minimum absolute atomic E-state index is 0.207. The van der Waals surface area contributed by atoms with Crippen molar-refractivity contribution in [3.63, 3.8) is 0 Å². The van der Waals surface area contributed by atoms with Crippen LogP contribution in [0.25, 0.3) is 0 Å². The molecule has 40 heavy (non-hydrogen) atoms. The van der Waals surface area contributed by atoms with Crippen molar-refractivity contribution in [2.24, 2.45) is 0 Å². The highest BCUT2D eigenvalue weighted by atomic mass is 19.4. The molecule has 1 amide bonds. The highest BCUT2D eigenvalue weighted by Gasteiger charge is 2.58. The fraction of sp³-hybridized carbons (Fsp3) is 0.419. The van der Waals surface area contributed by atoms with E-state index < -0.39 is 34.6 Å². The molecule has 1 saturated heterocycles. The fourth-order valence-corrected chi connectivity index (χ4v) is 6.17. The van der Waals surface area contributed by atoms with Crippen LogP contribution < -0.4 is 10.1 Å². The summed E-state index contributed by atoms with van der Waals surface area (Å²) in [6.45, 7) is 7.44. The Kier molecular flexibility index (Phi) is 8.71. The molecule has 3 atom stereocenters. The van der Waals surface area contributed by atoms with Crippen molar-refractivity contribution >= 4 is 11.9 Å². The van der Waals surface area contributed by atoms with Gasteiger partial charge in [0.2, 0.25) is 0 Å². The summed E-state index contributed by atoms with van der Waals surface area (Å²) in [6, 6.07) is 11.7. The van der Waals surface area contributed by atoms with Crippen LogP contribution in [0.2, 0.25) is 0 Å². The molecule has 2 aromatic carbocycles. The summed E-state index contributed by atoms with van der Waals surface area (Å²) >= 11 is 0. The fourth-order valence-electron chi connectivity index (χ4n) is 6.17. The summed E-state index contributed by atoms with van der Waals surface area (Å²) in [7, 11) is 1.72. The first-order valence-electron chi connectivity index (χ1n) is 13.2. The molecular weight excluding hydrogens is 521 g/mol. The number of ether oxygens (including phenoxy) is 2. The molecule has 2 aliphatic rings. The molecule has 1 saturated carbocycles. The van der Waals surface area contributed by atoms with Crippen molar-refractivity contribution in [3.8, 4) is 17.6 Å². The Labute approximate surface area is 232 Å². The zero-order chi connectivity index (χ0) is 29.0. The van der Waals surface area contributed by atoms with Gasteiger partial charge in [0, 0.05) is 50.1 Å². The Morgan fingerprint density at radius 2 is 1.95 bits per heavy atom. The van der Waals surface area contributed by atoms with E-state index in [0.29, 0.717) is 37.1 Å². The van der Waals surface area contributed by atoms with E-state index in [1.54, 1.807) is 13.2 Å². The highest BCUT2D eigenvalue weighted by molar-refractivity contribution is 5.94. The van der Waals surface area contributed by atoms with Crippen LogP contribution in [0.5, 0.6) is 5.75 Å². The molecule has 6 nitrogen and oxygen atoms in total. The van der Waals surface area contributed by atoms with E-state index in [-0.39, 0.29) is 6.04 Å². The molecule has 0 aromatic heterocycles. The van der Waals surface area contributed by atoms with E-state index in [1.165, 1.54) is 19.1 Å². The van der Waals surface area contributed by atoms with Gasteiger partial charge in [0.1, 0.15) is 5.75 Å². The predicted octanol–water partition coefficient (Wildman–Crippen LogP) is 4.87. The van der Waals surface area contributed by atoms with Crippen LogP contribution in [0.15, 0.2) is 61.2 Å². The van der Waals surface area contributed by atoms with Crippen molar-refractivity contribution in [1.82, 2.24) is 10.2 Å². The molecule has 1 aliphatic heterocycles. The molecule has 0 bridgehead atoms. The lowest BCUT2D eigenvalue weighted by atomic mass is 9.55. The van der Waals surface area contributed by atoms with Crippen LogP contribution in [0.4, 0.5) is 13.2 Å². The lowest BCUT2D eigenvalue weighted by Gasteiger charge is -2.59. The van der Waals surface area contributed by atoms with E-state index in [2.05, 4.69) is 28.6 Å². The molecule has 1 heterocycles. The Hall–Kier alpha value is -3.61. The minimum atomic E-state index is -4.43. The van der Waals surface area contributed by atoms with Crippen LogP contribution in [0.1, 0.15) is 49.3 Å². The third-order valence-electron chi connectivity index (χ3n) is 7.99.